The number of carbonyl (C=O) groups excluding carboxylic acids is 1. The van der Waals surface area contributed by atoms with Crippen LogP contribution >= 0.6 is 0 Å². The number of aromatic carboxylic acids is 1. The molecule has 204 valence electrons. The first-order chi connectivity index (χ1) is 18.5. The molecule has 5 rings (SSSR count). The van der Waals surface area contributed by atoms with Crippen molar-refractivity contribution in [1.82, 2.24) is 19.2 Å². The molecule has 39 heavy (non-hydrogen) atoms. The van der Waals surface area contributed by atoms with Crippen molar-refractivity contribution in [3.05, 3.63) is 66.6 Å². The number of alkyl halides is 3. The normalized spacial score (nSPS) is 18.0. The molecular formula is C28H28F3N5O3. The van der Waals surface area contributed by atoms with E-state index >= 15 is 0 Å². The lowest BCUT2D eigenvalue weighted by atomic mass is 9.81. The molecule has 1 aliphatic rings. The van der Waals surface area contributed by atoms with Gasteiger partial charge in [-0.05, 0) is 63.8 Å². The fraction of sp³-hybridized carbons (Fsp3) is 0.357. The van der Waals surface area contributed by atoms with Crippen LogP contribution in [0.25, 0.3) is 22.6 Å². The van der Waals surface area contributed by atoms with Crippen LogP contribution in [0.15, 0.2) is 61.1 Å². The van der Waals surface area contributed by atoms with Gasteiger partial charge in [-0.1, -0.05) is 18.2 Å². The third-order valence-electron chi connectivity index (χ3n) is 7.24. The first kappa shape index (κ1) is 26.5. The van der Waals surface area contributed by atoms with Gasteiger partial charge in [-0.3, -0.25) is 9.69 Å². The summed E-state index contributed by atoms with van der Waals surface area (Å²) in [7, 11) is 0. The van der Waals surface area contributed by atoms with Crippen LogP contribution in [0.2, 0.25) is 0 Å². The lowest BCUT2D eigenvalue weighted by Crippen LogP contribution is -2.44. The highest BCUT2D eigenvalue weighted by Gasteiger charge is 2.43. The van der Waals surface area contributed by atoms with Crippen LogP contribution in [0.5, 0.6) is 0 Å². The average molecular weight is 540 g/mol. The van der Waals surface area contributed by atoms with E-state index in [0.29, 0.717) is 5.69 Å². The summed E-state index contributed by atoms with van der Waals surface area (Å²) >= 11 is 0. The Balaban J connectivity index is 1.42. The van der Waals surface area contributed by atoms with Crippen molar-refractivity contribution in [3.8, 4) is 16.9 Å². The number of nitrogens with zero attached hydrogens (tertiary/aromatic N) is 5. The SMILES string of the molecule is CC(C)N(C(=O)C1CCC(C(F)(F)F)CC1)c1nn(-c2ccc(-c3cn4ccccc4n3)cc2)cc1C(=O)O. The fourth-order valence-corrected chi connectivity index (χ4v) is 5.15. The van der Waals surface area contributed by atoms with Gasteiger partial charge in [0.05, 0.1) is 17.3 Å². The Bertz CT molecular complexity index is 1470. The summed E-state index contributed by atoms with van der Waals surface area (Å²) < 4.78 is 42.7. The van der Waals surface area contributed by atoms with Crippen LogP contribution in [0, 0.1) is 11.8 Å². The van der Waals surface area contributed by atoms with Crippen molar-refractivity contribution in [1.29, 1.82) is 0 Å². The maximum atomic E-state index is 13.5. The van der Waals surface area contributed by atoms with Crippen molar-refractivity contribution in [2.24, 2.45) is 11.8 Å². The molecule has 1 aliphatic carbocycles. The second-order valence-corrected chi connectivity index (χ2v) is 10.1. The molecule has 0 bridgehead atoms. The molecule has 8 nitrogen and oxygen atoms in total. The van der Waals surface area contributed by atoms with Gasteiger partial charge in [-0.15, -0.1) is 5.10 Å². The van der Waals surface area contributed by atoms with Crippen LogP contribution < -0.4 is 4.90 Å². The predicted octanol–water partition coefficient (Wildman–Crippen LogP) is 6.00. The Morgan fingerprint density at radius 1 is 1.03 bits per heavy atom. The van der Waals surface area contributed by atoms with Crippen molar-refractivity contribution in [2.45, 2.75) is 51.7 Å². The van der Waals surface area contributed by atoms with E-state index in [1.165, 1.54) is 15.8 Å². The first-order valence-corrected chi connectivity index (χ1v) is 12.8. The second-order valence-electron chi connectivity index (χ2n) is 10.1. The van der Waals surface area contributed by atoms with E-state index in [1.807, 2.05) is 47.1 Å². The molecule has 1 amide bonds. The van der Waals surface area contributed by atoms with Gasteiger partial charge < -0.3 is 9.51 Å². The quantitative estimate of drug-likeness (QED) is 0.325. The van der Waals surface area contributed by atoms with E-state index in [2.05, 4.69) is 10.1 Å². The summed E-state index contributed by atoms with van der Waals surface area (Å²) in [6, 6.07) is 12.5. The molecule has 3 heterocycles. The smallest absolute Gasteiger partial charge is 0.391 e. The van der Waals surface area contributed by atoms with Crippen LogP contribution in [-0.4, -0.2) is 48.4 Å². The van der Waals surface area contributed by atoms with Gasteiger partial charge in [0.25, 0.3) is 0 Å². The fourth-order valence-electron chi connectivity index (χ4n) is 5.15. The maximum absolute atomic E-state index is 13.5. The maximum Gasteiger partial charge on any atom is 0.391 e. The van der Waals surface area contributed by atoms with Crippen molar-refractivity contribution < 1.29 is 27.9 Å². The summed E-state index contributed by atoms with van der Waals surface area (Å²) in [6.45, 7) is 3.46. The molecule has 0 saturated heterocycles. The number of carboxylic acid groups (broad SMARTS) is 1. The predicted molar refractivity (Wildman–Crippen MR) is 139 cm³/mol. The third-order valence-corrected chi connectivity index (χ3v) is 7.24. The number of anilines is 1. The number of fused-ring (bicyclic) bond motifs is 1. The van der Waals surface area contributed by atoms with Gasteiger partial charge in [-0.25, -0.2) is 14.5 Å². The lowest BCUT2D eigenvalue weighted by Gasteiger charge is -2.34. The van der Waals surface area contributed by atoms with E-state index in [9.17, 15) is 27.9 Å². The summed E-state index contributed by atoms with van der Waals surface area (Å²) in [4.78, 5) is 31.5. The molecule has 1 aromatic carbocycles. The van der Waals surface area contributed by atoms with Gasteiger partial charge in [0.15, 0.2) is 5.82 Å². The Morgan fingerprint density at radius 3 is 2.31 bits per heavy atom. The minimum atomic E-state index is -4.28. The molecule has 1 fully saturated rings. The minimum absolute atomic E-state index is 0.0233. The zero-order valence-corrected chi connectivity index (χ0v) is 21.5. The monoisotopic (exact) mass is 539 g/mol. The molecule has 0 aliphatic heterocycles. The zero-order valence-electron chi connectivity index (χ0n) is 21.5. The summed E-state index contributed by atoms with van der Waals surface area (Å²) in [6.07, 6.45) is 0.841. The average Bonchev–Trinajstić information content (AvgIpc) is 3.53. The molecule has 0 radical (unpaired) electrons. The molecule has 0 spiro atoms. The minimum Gasteiger partial charge on any atom is -0.477 e. The van der Waals surface area contributed by atoms with E-state index < -0.39 is 35.9 Å². The molecule has 1 saturated carbocycles. The largest absolute Gasteiger partial charge is 0.477 e. The lowest BCUT2D eigenvalue weighted by molar-refractivity contribution is -0.184. The van der Waals surface area contributed by atoms with Crippen molar-refractivity contribution >= 4 is 23.3 Å². The number of hydrogen-bond donors (Lipinski definition) is 1. The van der Waals surface area contributed by atoms with Crippen LogP contribution in [0.1, 0.15) is 49.9 Å². The highest BCUT2D eigenvalue weighted by molar-refractivity contribution is 6.01. The number of carboxylic acids is 1. The summed E-state index contributed by atoms with van der Waals surface area (Å²) in [5, 5.41) is 14.4. The molecule has 0 atom stereocenters. The molecule has 0 unspecified atom stereocenters. The van der Waals surface area contributed by atoms with E-state index in [-0.39, 0.29) is 37.1 Å². The number of halogens is 3. The highest BCUT2D eigenvalue weighted by Crippen LogP contribution is 2.40. The van der Waals surface area contributed by atoms with E-state index in [4.69, 9.17) is 0 Å². The third kappa shape index (κ3) is 5.25. The Morgan fingerprint density at radius 2 is 1.72 bits per heavy atom. The van der Waals surface area contributed by atoms with Crippen LogP contribution in [-0.2, 0) is 4.79 Å². The Labute approximate surface area is 222 Å². The highest BCUT2D eigenvalue weighted by atomic mass is 19.4. The second kappa shape index (κ2) is 10.2. The number of amides is 1. The van der Waals surface area contributed by atoms with Gasteiger partial charge in [0.2, 0.25) is 5.91 Å². The topological polar surface area (TPSA) is 92.7 Å². The van der Waals surface area contributed by atoms with Gasteiger partial charge in [0.1, 0.15) is 11.2 Å². The van der Waals surface area contributed by atoms with E-state index in [0.717, 1.165) is 16.9 Å². The molecule has 11 heteroatoms. The van der Waals surface area contributed by atoms with Crippen molar-refractivity contribution in [3.63, 3.8) is 0 Å². The molecule has 1 N–H and O–H groups in total. The summed E-state index contributed by atoms with van der Waals surface area (Å²) in [5.41, 5.74) is 2.87. The standard InChI is InChI=1S/C28H28F3N5O3/c1-17(2)36(26(37)19-6-10-20(11-7-19)28(29,30)31)25-22(27(38)39)15-35(33-25)21-12-8-18(9-13-21)23-16-34-14-4-3-5-24(34)32-23/h3-5,8-9,12-17,19-20H,6-7,10-11H2,1-2H3,(H,38,39). The number of hydrogen-bond acceptors (Lipinski definition) is 4. The van der Waals surface area contributed by atoms with Gasteiger partial charge in [0, 0.05) is 36.1 Å². The van der Waals surface area contributed by atoms with Crippen molar-refractivity contribution in [2.75, 3.05) is 4.90 Å². The summed E-state index contributed by atoms with van der Waals surface area (Å²) in [5.74, 6) is -3.71. The number of rotatable bonds is 6. The first-order valence-electron chi connectivity index (χ1n) is 12.8. The zero-order chi connectivity index (χ0) is 27.9. The molecule has 4 aromatic rings. The van der Waals surface area contributed by atoms with Gasteiger partial charge in [-0.2, -0.15) is 13.2 Å². The number of benzene rings is 1. The van der Waals surface area contributed by atoms with Crippen LogP contribution in [0.3, 0.4) is 0 Å². The van der Waals surface area contributed by atoms with Gasteiger partial charge >= 0.3 is 12.1 Å². The van der Waals surface area contributed by atoms with Crippen LogP contribution in [0.4, 0.5) is 19.0 Å². The Kier molecular flexibility index (Phi) is 6.92. The van der Waals surface area contributed by atoms with E-state index in [1.54, 1.807) is 26.0 Å². The number of imidazole rings is 1. The number of carbonyl (C=O) groups is 2. The number of pyridine rings is 1. The molecule has 3 aromatic heterocycles. The molecular weight excluding hydrogens is 511 g/mol. The Hall–Kier alpha value is -4.15. The number of aromatic nitrogens is 4.